The van der Waals surface area contributed by atoms with Gasteiger partial charge in [-0.2, -0.15) is 0 Å². The van der Waals surface area contributed by atoms with Crippen LogP contribution in [0.2, 0.25) is 0 Å². The van der Waals surface area contributed by atoms with Crippen molar-refractivity contribution in [2.24, 2.45) is 0 Å². The average Bonchev–Trinajstić information content (AvgIpc) is 2.16. The summed E-state index contributed by atoms with van der Waals surface area (Å²) in [5.74, 6) is -0.308. The van der Waals surface area contributed by atoms with Gasteiger partial charge in [-0.1, -0.05) is 5.57 Å². The Kier molecular flexibility index (Phi) is 7.06. The number of esters is 1. The van der Waals surface area contributed by atoms with Crippen LogP contribution < -0.4 is 0 Å². The highest BCUT2D eigenvalue weighted by atomic mass is 16.6. The molecule has 0 aromatic rings. The van der Waals surface area contributed by atoms with E-state index >= 15 is 0 Å². The molecule has 0 atom stereocenters. The zero-order valence-corrected chi connectivity index (χ0v) is 9.00. The molecule has 4 nitrogen and oxygen atoms in total. The van der Waals surface area contributed by atoms with Crippen LogP contribution in [0.3, 0.4) is 0 Å². The lowest BCUT2D eigenvalue weighted by molar-refractivity contribution is -0.140. The molecule has 0 aliphatic rings. The molecule has 0 aliphatic heterocycles. The van der Waals surface area contributed by atoms with Gasteiger partial charge in [0.15, 0.2) is 0 Å². The predicted octanol–water partition coefficient (Wildman–Crippen LogP) is 0.895. The predicted molar refractivity (Wildman–Crippen MR) is 52.9 cm³/mol. The highest BCUT2D eigenvalue weighted by molar-refractivity contribution is 5.88. The van der Waals surface area contributed by atoms with Crippen LogP contribution in [0.25, 0.3) is 0 Å². The quantitative estimate of drug-likeness (QED) is 0.395. The summed E-state index contributed by atoms with van der Waals surface area (Å²) in [7, 11) is 0. The van der Waals surface area contributed by atoms with Crippen LogP contribution in [-0.2, 0) is 14.3 Å². The van der Waals surface area contributed by atoms with Gasteiger partial charge < -0.3 is 14.6 Å². The smallest absolute Gasteiger partial charge is 0.333 e. The van der Waals surface area contributed by atoms with Crippen molar-refractivity contribution in [2.75, 3.05) is 26.4 Å². The van der Waals surface area contributed by atoms with Gasteiger partial charge in [-0.25, -0.2) is 4.79 Å². The molecule has 0 saturated heterocycles. The molecule has 82 valence electrons. The van der Waals surface area contributed by atoms with E-state index in [0.717, 1.165) is 5.57 Å². The summed E-state index contributed by atoms with van der Waals surface area (Å²) in [6.45, 7) is 6.26. The molecule has 0 amide bonds. The summed E-state index contributed by atoms with van der Waals surface area (Å²) in [6.07, 6.45) is 0. The van der Waals surface area contributed by atoms with Crippen molar-refractivity contribution >= 4 is 5.97 Å². The number of allylic oxidation sites excluding steroid dienone is 1. The van der Waals surface area contributed by atoms with Gasteiger partial charge in [0.25, 0.3) is 0 Å². The molecular weight excluding hydrogens is 184 g/mol. The van der Waals surface area contributed by atoms with Gasteiger partial charge >= 0.3 is 5.97 Å². The first-order valence-electron chi connectivity index (χ1n) is 4.59. The van der Waals surface area contributed by atoms with E-state index in [2.05, 4.69) is 0 Å². The number of hydrogen-bond donors (Lipinski definition) is 1. The number of aliphatic hydroxyl groups excluding tert-OH is 1. The lowest BCUT2D eigenvalue weighted by Crippen LogP contribution is -2.13. The van der Waals surface area contributed by atoms with E-state index in [9.17, 15) is 4.79 Å². The first-order valence-corrected chi connectivity index (χ1v) is 4.59. The molecule has 0 spiro atoms. The molecule has 4 heteroatoms. The van der Waals surface area contributed by atoms with E-state index in [4.69, 9.17) is 14.6 Å². The Morgan fingerprint density at radius 1 is 1.14 bits per heavy atom. The standard InChI is InChI=1S/C10H18O4/c1-8(2)9(3)10(12)14-7-6-13-5-4-11/h11H,4-7H2,1-3H3. The fourth-order valence-corrected chi connectivity index (χ4v) is 0.672. The summed E-state index contributed by atoms with van der Waals surface area (Å²) in [5.41, 5.74) is 1.58. The Balaban J connectivity index is 3.60. The van der Waals surface area contributed by atoms with Gasteiger partial charge in [0.1, 0.15) is 6.61 Å². The minimum atomic E-state index is -0.308. The molecule has 0 aromatic carbocycles. The van der Waals surface area contributed by atoms with Crippen molar-refractivity contribution in [1.82, 2.24) is 0 Å². The maximum atomic E-state index is 11.2. The normalized spacial score (nSPS) is 9.71. The highest BCUT2D eigenvalue weighted by Crippen LogP contribution is 2.03. The van der Waals surface area contributed by atoms with Gasteiger partial charge in [0.05, 0.1) is 19.8 Å². The number of hydrogen-bond acceptors (Lipinski definition) is 4. The summed E-state index contributed by atoms with van der Waals surface area (Å²) < 4.78 is 9.84. The van der Waals surface area contributed by atoms with Crippen molar-refractivity contribution < 1.29 is 19.4 Å². The summed E-state index contributed by atoms with van der Waals surface area (Å²) in [5, 5.41) is 8.40. The first kappa shape index (κ1) is 13.1. The van der Waals surface area contributed by atoms with E-state index in [1.54, 1.807) is 6.92 Å². The Bertz CT molecular complexity index is 204. The van der Waals surface area contributed by atoms with Crippen LogP contribution in [0.4, 0.5) is 0 Å². The van der Waals surface area contributed by atoms with E-state index in [0.29, 0.717) is 12.2 Å². The molecule has 0 aromatic heterocycles. The molecule has 0 bridgehead atoms. The number of aliphatic hydroxyl groups is 1. The SMILES string of the molecule is CC(C)=C(C)C(=O)OCCOCCO. The number of carbonyl (C=O) groups is 1. The summed E-state index contributed by atoms with van der Waals surface area (Å²) in [4.78, 5) is 11.2. The molecule has 0 heterocycles. The van der Waals surface area contributed by atoms with Gasteiger partial charge in [-0.15, -0.1) is 0 Å². The first-order chi connectivity index (χ1) is 6.59. The molecule has 0 rings (SSSR count). The molecule has 0 fully saturated rings. The Morgan fingerprint density at radius 3 is 2.29 bits per heavy atom. The molecule has 0 saturated carbocycles. The molecule has 0 radical (unpaired) electrons. The van der Waals surface area contributed by atoms with Crippen LogP contribution in [-0.4, -0.2) is 37.5 Å². The third-order valence-corrected chi connectivity index (χ3v) is 1.75. The lowest BCUT2D eigenvalue weighted by atomic mass is 10.2. The van der Waals surface area contributed by atoms with Crippen LogP contribution in [0.1, 0.15) is 20.8 Å². The van der Waals surface area contributed by atoms with Gasteiger partial charge in [0, 0.05) is 5.57 Å². The molecule has 0 unspecified atom stereocenters. The van der Waals surface area contributed by atoms with Crippen molar-refractivity contribution in [3.05, 3.63) is 11.1 Å². The minimum Gasteiger partial charge on any atom is -0.460 e. The van der Waals surface area contributed by atoms with Crippen molar-refractivity contribution in [3.63, 3.8) is 0 Å². The van der Waals surface area contributed by atoms with Crippen molar-refractivity contribution in [1.29, 1.82) is 0 Å². The Labute approximate surface area is 84.5 Å². The van der Waals surface area contributed by atoms with E-state index in [1.165, 1.54) is 0 Å². The molecule has 0 aliphatic carbocycles. The largest absolute Gasteiger partial charge is 0.460 e. The Hall–Kier alpha value is -0.870. The lowest BCUT2D eigenvalue weighted by Gasteiger charge is -2.06. The topological polar surface area (TPSA) is 55.8 Å². The van der Waals surface area contributed by atoms with Crippen LogP contribution in [0.15, 0.2) is 11.1 Å². The zero-order chi connectivity index (χ0) is 11.0. The average molecular weight is 202 g/mol. The molecule has 14 heavy (non-hydrogen) atoms. The summed E-state index contributed by atoms with van der Waals surface area (Å²) in [6, 6.07) is 0. The van der Waals surface area contributed by atoms with Crippen molar-refractivity contribution in [2.45, 2.75) is 20.8 Å². The number of rotatable bonds is 6. The van der Waals surface area contributed by atoms with Gasteiger partial charge in [-0.3, -0.25) is 0 Å². The number of ether oxygens (including phenoxy) is 2. The summed E-state index contributed by atoms with van der Waals surface area (Å²) >= 11 is 0. The molecule has 1 N–H and O–H groups in total. The van der Waals surface area contributed by atoms with Crippen molar-refractivity contribution in [3.8, 4) is 0 Å². The fourth-order valence-electron chi connectivity index (χ4n) is 0.672. The minimum absolute atomic E-state index is 0.0130. The van der Waals surface area contributed by atoms with Crippen LogP contribution in [0.5, 0.6) is 0 Å². The second-order valence-electron chi connectivity index (χ2n) is 3.10. The number of carbonyl (C=O) groups excluding carboxylic acids is 1. The Morgan fingerprint density at radius 2 is 1.79 bits per heavy atom. The van der Waals surface area contributed by atoms with Gasteiger partial charge in [-0.05, 0) is 20.8 Å². The van der Waals surface area contributed by atoms with E-state index < -0.39 is 0 Å². The monoisotopic (exact) mass is 202 g/mol. The fraction of sp³-hybridized carbons (Fsp3) is 0.700. The zero-order valence-electron chi connectivity index (χ0n) is 9.00. The molecular formula is C10H18O4. The van der Waals surface area contributed by atoms with E-state index in [-0.39, 0.29) is 25.8 Å². The maximum absolute atomic E-state index is 11.2. The van der Waals surface area contributed by atoms with Crippen LogP contribution >= 0.6 is 0 Å². The third kappa shape index (κ3) is 5.72. The highest BCUT2D eigenvalue weighted by Gasteiger charge is 2.06. The van der Waals surface area contributed by atoms with E-state index in [1.807, 2.05) is 13.8 Å². The second kappa shape index (κ2) is 7.53. The van der Waals surface area contributed by atoms with Gasteiger partial charge in [0.2, 0.25) is 0 Å². The maximum Gasteiger partial charge on any atom is 0.333 e. The third-order valence-electron chi connectivity index (χ3n) is 1.75. The van der Waals surface area contributed by atoms with Crippen LogP contribution in [0, 0.1) is 0 Å². The second-order valence-corrected chi connectivity index (χ2v) is 3.10.